The van der Waals surface area contributed by atoms with Crippen molar-refractivity contribution in [1.82, 2.24) is 25.9 Å². The Labute approximate surface area is 197 Å². The van der Waals surface area contributed by atoms with Gasteiger partial charge in [0.05, 0.1) is 11.6 Å². The second kappa shape index (κ2) is 10.0. The van der Waals surface area contributed by atoms with Gasteiger partial charge in [-0.1, -0.05) is 42.5 Å². The van der Waals surface area contributed by atoms with Gasteiger partial charge in [-0.25, -0.2) is 14.2 Å². The summed E-state index contributed by atoms with van der Waals surface area (Å²) in [6, 6.07) is 13.9. The summed E-state index contributed by atoms with van der Waals surface area (Å²) in [5.74, 6) is -0.735. The number of nitrogens with zero attached hydrogens (tertiary/aromatic N) is 2. The van der Waals surface area contributed by atoms with Crippen LogP contribution in [-0.2, 0) is 17.8 Å². The number of aromatic nitrogens is 2. The summed E-state index contributed by atoms with van der Waals surface area (Å²) in [6.07, 6.45) is 0.630. The zero-order valence-electron chi connectivity index (χ0n) is 19.5. The maximum absolute atomic E-state index is 14.8. The standard InChI is InChI=1S/C25H29FN6O2/c1-15(2)27-25(34)31-32-12-11-22-20(14-32)23(30-29-22)28-24(33)16(3)18-9-10-19(21(26)13-18)17-7-5-4-6-8-17/h4-10,13,15-16H,11-12,14H2,1-3H3,(H2,27,31,34)(H2,28,29,30,33). The molecule has 1 aliphatic rings. The number of benzene rings is 2. The lowest BCUT2D eigenvalue weighted by molar-refractivity contribution is -0.117. The molecule has 0 aliphatic carbocycles. The highest BCUT2D eigenvalue weighted by molar-refractivity contribution is 5.95. The Balaban J connectivity index is 1.43. The van der Waals surface area contributed by atoms with Gasteiger partial charge in [-0.05, 0) is 38.0 Å². The molecule has 1 atom stereocenters. The van der Waals surface area contributed by atoms with Crippen molar-refractivity contribution in [3.8, 4) is 11.1 Å². The predicted molar refractivity (Wildman–Crippen MR) is 128 cm³/mol. The van der Waals surface area contributed by atoms with Gasteiger partial charge in [-0.3, -0.25) is 15.3 Å². The van der Waals surface area contributed by atoms with E-state index in [4.69, 9.17) is 0 Å². The number of H-pyrrole nitrogens is 1. The smallest absolute Gasteiger partial charge is 0.329 e. The van der Waals surface area contributed by atoms with Crippen molar-refractivity contribution in [2.45, 2.75) is 45.7 Å². The molecule has 0 fully saturated rings. The van der Waals surface area contributed by atoms with Gasteiger partial charge in [-0.15, -0.1) is 0 Å². The van der Waals surface area contributed by atoms with Gasteiger partial charge in [0, 0.05) is 36.7 Å². The van der Waals surface area contributed by atoms with E-state index >= 15 is 0 Å². The molecule has 8 nitrogen and oxygen atoms in total. The first-order valence-corrected chi connectivity index (χ1v) is 11.4. The molecule has 4 rings (SSSR count). The SMILES string of the molecule is CC(C)NC(=O)NN1CCc2n[nH]c(NC(=O)C(C)c3ccc(-c4ccccc4)c(F)c3)c2C1. The molecule has 0 radical (unpaired) electrons. The molecule has 1 unspecified atom stereocenters. The third-order valence-corrected chi connectivity index (χ3v) is 5.82. The average Bonchev–Trinajstić information content (AvgIpc) is 3.20. The zero-order chi connectivity index (χ0) is 24.2. The second-order valence-electron chi connectivity index (χ2n) is 8.75. The van der Waals surface area contributed by atoms with Gasteiger partial charge in [-0.2, -0.15) is 5.10 Å². The van der Waals surface area contributed by atoms with E-state index in [1.54, 1.807) is 24.1 Å². The van der Waals surface area contributed by atoms with E-state index < -0.39 is 5.92 Å². The van der Waals surface area contributed by atoms with Crippen molar-refractivity contribution >= 4 is 17.8 Å². The molecule has 2 aromatic carbocycles. The van der Waals surface area contributed by atoms with Crippen LogP contribution < -0.4 is 16.1 Å². The van der Waals surface area contributed by atoms with Crippen LogP contribution in [0.3, 0.4) is 0 Å². The highest BCUT2D eigenvalue weighted by Crippen LogP contribution is 2.28. The fourth-order valence-electron chi connectivity index (χ4n) is 3.96. The first-order valence-electron chi connectivity index (χ1n) is 11.4. The van der Waals surface area contributed by atoms with Crippen molar-refractivity contribution in [2.75, 3.05) is 11.9 Å². The molecule has 34 heavy (non-hydrogen) atoms. The number of halogens is 1. The Kier molecular flexibility index (Phi) is 6.93. The van der Waals surface area contributed by atoms with Crippen molar-refractivity contribution < 1.29 is 14.0 Å². The van der Waals surface area contributed by atoms with E-state index in [0.717, 1.165) is 16.8 Å². The first kappa shape index (κ1) is 23.4. The van der Waals surface area contributed by atoms with Crippen LogP contribution in [0, 0.1) is 5.82 Å². The highest BCUT2D eigenvalue weighted by Gasteiger charge is 2.26. The predicted octanol–water partition coefficient (Wildman–Crippen LogP) is 3.94. The number of aromatic amines is 1. The molecule has 3 amide bonds. The summed E-state index contributed by atoms with van der Waals surface area (Å²) in [5.41, 5.74) is 6.35. The maximum atomic E-state index is 14.8. The normalized spacial score (nSPS) is 14.4. The van der Waals surface area contributed by atoms with Crippen LogP contribution in [0.25, 0.3) is 11.1 Å². The van der Waals surface area contributed by atoms with E-state index in [-0.39, 0.29) is 23.8 Å². The molecule has 178 valence electrons. The van der Waals surface area contributed by atoms with Crippen molar-refractivity contribution in [1.29, 1.82) is 0 Å². The van der Waals surface area contributed by atoms with Gasteiger partial charge in [0.2, 0.25) is 5.91 Å². The van der Waals surface area contributed by atoms with Crippen LogP contribution in [0.15, 0.2) is 48.5 Å². The molecule has 0 spiro atoms. The monoisotopic (exact) mass is 464 g/mol. The van der Waals surface area contributed by atoms with Crippen LogP contribution in [0.1, 0.15) is 43.5 Å². The minimum atomic E-state index is -0.576. The molecule has 4 N–H and O–H groups in total. The number of anilines is 1. The molecule has 0 saturated heterocycles. The molecular weight excluding hydrogens is 435 g/mol. The summed E-state index contributed by atoms with van der Waals surface area (Å²) < 4.78 is 14.8. The van der Waals surface area contributed by atoms with Crippen molar-refractivity contribution in [2.24, 2.45) is 0 Å². The van der Waals surface area contributed by atoms with Crippen LogP contribution in [0.4, 0.5) is 15.0 Å². The number of carbonyl (C=O) groups is 2. The Hall–Kier alpha value is -3.72. The van der Waals surface area contributed by atoms with E-state index in [1.165, 1.54) is 6.07 Å². The number of hydrazine groups is 1. The van der Waals surface area contributed by atoms with E-state index in [1.807, 2.05) is 44.2 Å². The lowest BCUT2D eigenvalue weighted by Crippen LogP contribution is -2.50. The summed E-state index contributed by atoms with van der Waals surface area (Å²) in [7, 11) is 0. The minimum Gasteiger partial charge on any atom is -0.335 e. The number of nitrogens with one attached hydrogen (secondary N) is 4. The number of urea groups is 1. The van der Waals surface area contributed by atoms with Gasteiger partial charge < -0.3 is 10.6 Å². The first-order chi connectivity index (χ1) is 16.3. The quantitative estimate of drug-likeness (QED) is 0.444. The number of hydrogen-bond acceptors (Lipinski definition) is 4. The van der Waals surface area contributed by atoms with Crippen molar-refractivity contribution in [3.05, 3.63) is 71.2 Å². The molecule has 0 bridgehead atoms. The average molecular weight is 465 g/mol. The second-order valence-corrected chi connectivity index (χ2v) is 8.75. The summed E-state index contributed by atoms with van der Waals surface area (Å²) >= 11 is 0. The third kappa shape index (κ3) is 5.26. The topological polar surface area (TPSA) is 102 Å². The van der Waals surface area contributed by atoms with Crippen molar-refractivity contribution in [3.63, 3.8) is 0 Å². The molecule has 0 saturated carbocycles. The Bertz CT molecular complexity index is 1180. The van der Waals surface area contributed by atoms with Gasteiger partial charge >= 0.3 is 6.03 Å². The molecule has 1 aromatic heterocycles. The third-order valence-electron chi connectivity index (χ3n) is 5.82. The van der Waals surface area contributed by atoms with Gasteiger partial charge in [0.15, 0.2) is 0 Å². The molecule has 3 aromatic rings. The van der Waals surface area contributed by atoms with Crippen LogP contribution >= 0.6 is 0 Å². The van der Waals surface area contributed by atoms with Gasteiger partial charge in [0.1, 0.15) is 11.6 Å². The molecular formula is C25H29FN6O2. The highest BCUT2D eigenvalue weighted by atomic mass is 19.1. The largest absolute Gasteiger partial charge is 0.335 e. The maximum Gasteiger partial charge on any atom is 0.329 e. The Morgan fingerprint density at radius 3 is 2.59 bits per heavy atom. The number of amides is 3. The molecule has 9 heteroatoms. The zero-order valence-corrected chi connectivity index (χ0v) is 19.5. The number of carbonyl (C=O) groups excluding carboxylic acids is 2. The Morgan fingerprint density at radius 2 is 1.88 bits per heavy atom. The number of fused-ring (bicyclic) bond motifs is 1. The lowest BCUT2D eigenvalue weighted by Gasteiger charge is -2.27. The summed E-state index contributed by atoms with van der Waals surface area (Å²) in [5, 5.41) is 14.7. The number of hydrogen-bond donors (Lipinski definition) is 4. The van der Waals surface area contributed by atoms with Crippen LogP contribution in [0.2, 0.25) is 0 Å². The van der Waals surface area contributed by atoms with Crippen LogP contribution in [0.5, 0.6) is 0 Å². The summed E-state index contributed by atoms with van der Waals surface area (Å²) in [6.45, 7) is 6.53. The fourth-order valence-corrected chi connectivity index (χ4v) is 3.96. The summed E-state index contributed by atoms with van der Waals surface area (Å²) in [4.78, 5) is 25.0. The Morgan fingerprint density at radius 1 is 1.12 bits per heavy atom. The molecule has 1 aliphatic heterocycles. The fraction of sp³-hybridized carbons (Fsp3) is 0.320. The lowest BCUT2D eigenvalue weighted by atomic mass is 9.96. The van der Waals surface area contributed by atoms with E-state index in [0.29, 0.717) is 36.5 Å². The minimum absolute atomic E-state index is 0.0252. The van der Waals surface area contributed by atoms with E-state index in [9.17, 15) is 14.0 Å². The number of rotatable bonds is 6. The van der Waals surface area contributed by atoms with Crippen LogP contribution in [-0.4, -0.2) is 39.7 Å². The molecule has 2 heterocycles. The van der Waals surface area contributed by atoms with E-state index in [2.05, 4.69) is 26.3 Å². The van der Waals surface area contributed by atoms with Gasteiger partial charge in [0.25, 0.3) is 0 Å².